The highest BCUT2D eigenvalue weighted by Crippen LogP contribution is 2.22. The van der Waals surface area contributed by atoms with E-state index >= 15 is 0 Å². The van der Waals surface area contributed by atoms with E-state index in [2.05, 4.69) is 16.0 Å². The van der Waals surface area contributed by atoms with Crippen molar-refractivity contribution in [3.05, 3.63) is 102 Å². The number of urea groups is 1. The molecule has 0 bridgehead atoms. The summed E-state index contributed by atoms with van der Waals surface area (Å²) < 4.78 is 0. The van der Waals surface area contributed by atoms with Gasteiger partial charge in [0.25, 0.3) is 0 Å². The molecule has 1 fully saturated rings. The van der Waals surface area contributed by atoms with Crippen LogP contribution in [0, 0.1) is 0 Å². The van der Waals surface area contributed by atoms with Gasteiger partial charge in [0.15, 0.2) is 0 Å². The molecule has 0 spiro atoms. The maximum absolute atomic E-state index is 12.7. The molecule has 4 rings (SSSR count). The third-order valence-corrected chi connectivity index (χ3v) is 5.06. The molecule has 0 radical (unpaired) electrons. The molecule has 3 aromatic carbocycles. The summed E-state index contributed by atoms with van der Waals surface area (Å²) in [7, 11) is 0. The first kappa shape index (κ1) is 19.7. The first-order valence-corrected chi connectivity index (χ1v) is 10.2. The second-order valence-corrected chi connectivity index (χ2v) is 7.57. The Balaban J connectivity index is 1.39. The van der Waals surface area contributed by atoms with Crippen molar-refractivity contribution < 1.29 is 9.59 Å². The SMILES string of the molecule is O=C(Cc1ccc(NC(=O)NC(c2ccccc2)c2ccccc2)cc1)NC1CC1. The van der Waals surface area contributed by atoms with E-state index < -0.39 is 0 Å². The van der Waals surface area contributed by atoms with Crippen molar-refractivity contribution >= 4 is 17.6 Å². The van der Waals surface area contributed by atoms with Crippen LogP contribution in [0.2, 0.25) is 0 Å². The number of nitrogens with one attached hydrogen (secondary N) is 3. The lowest BCUT2D eigenvalue weighted by Crippen LogP contribution is -2.33. The molecule has 1 aliphatic carbocycles. The molecule has 3 amide bonds. The zero-order valence-corrected chi connectivity index (χ0v) is 16.7. The minimum absolute atomic E-state index is 0.0458. The molecule has 30 heavy (non-hydrogen) atoms. The Bertz CT molecular complexity index is 944. The quantitative estimate of drug-likeness (QED) is 0.550. The topological polar surface area (TPSA) is 70.2 Å². The van der Waals surface area contributed by atoms with Gasteiger partial charge in [0.05, 0.1) is 12.5 Å². The number of hydrogen-bond donors (Lipinski definition) is 3. The Labute approximate surface area is 176 Å². The van der Waals surface area contributed by atoms with Crippen LogP contribution in [0.5, 0.6) is 0 Å². The van der Waals surface area contributed by atoms with Gasteiger partial charge in [-0.2, -0.15) is 0 Å². The van der Waals surface area contributed by atoms with E-state index in [0.717, 1.165) is 29.5 Å². The van der Waals surface area contributed by atoms with E-state index in [-0.39, 0.29) is 18.0 Å². The first-order valence-electron chi connectivity index (χ1n) is 10.2. The van der Waals surface area contributed by atoms with Crippen molar-refractivity contribution in [3.63, 3.8) is 0 Å². The molecule has 5 heteroatoms. The van der Waals surface area contributed by atoms with Gasteiger partial charge in [-0.05, 0) is 41.7 Å². The molecule has 1 saturated carbocycles. The van der Waals surface area contributed by atoms with Gasteiger partial charge in [-0.1, -0.05) is 72.8 Å². The molecule has 0 heterocycles. The van der Waals surface area contributed by atoms with Gasteiger partial charge in [-0.3, -0.25) is 4.79 Å². The highest BCUT2D eigenvalue weighted by atomic mass is 16.2. The second-order valence-electron chi connectivity index (χ2n) is 7.57. The van der Waals surface area contributed by atoms with Crippen molar-refractivity contribution in [1.82, 2.24) is 10.6 Å². The van der Waals surface area contributed by atoms with Crippen molar-refractivity contribution in [2.45, 2.75) is 31.3 Å². The van der Waals surface area contributed by atoms with E-state index in [4.69, 9.17) is 0 Å². The Morgan fingerprint density at radius 3 is 1.90 bits per heavy atom. The molecular formula is C25H25N3O2. The third-order valence-electron chi connectivity index (χ3n) is 5.06. The zero-order chi connectivity index (χ0) is 20.8. The number of carbonyl (C=O) groups excluding carboxylic acids is 2. The van der Waals surface area contributed by atoms with E-state index in [1.165, 1.54) is 0 Å². The van der Waals surface area contributed by atoms with Crippen LogP contribution in [0.1, 0.15) is 35.6 Å². The van der Waals surface area contributed by atoms with Gasteiger partial charge >= 0.3 is 6.03 Å². The van der Waals surface area contributed by atoms with E-state index in [0.29, 0.717) is 18.2 Å². The predicted octanol–water partition coefficient (Wildman–Crippen LogP) is 4.42. The average Bonchev–Trinajstić information content (AvgIpc) is 3.58. The maximum atomic E-state index is 12.7. The summed E-state index contributed by atoms with van der Waals surface area (Å²) in [4.78, 5) is 24.6. The van der Waals surface area contributed by atoms with Crippen LogP contribution in [0.15, 0.2) is 84.9 Å². The zero-order valence-electron chi connectivity index (χ0n) is 16.7. The molecule has 0 atom stereocenters. The minimum atomic E-state index is -0.285. The van der Waals surface area contributed by atoms with Crippen LogP contribution in [0.4, 0.5) is 10.5 Å². The van der Waals surface area contributed by atoms with Gasteiger partial charge in [0.2, 0.25) is 5.91 Å². The Kier molecular flexibility index (Phi) is 6.09. The largest absolute Gasteiger partial charge is 0.353 e. The van der Waals surface area contributed by atoms with Gasteiger partial charge < -0.3 is 16.0 Å². The van der Waals surface area contributed by atoms with Crippen LogP contribution in [0.25, 0.3) is 0 Å². The van der Waals surface area contributed by atoms with Crippen molar-refractivity contribution in [1.29, 1.82) is 0 Å². The predicted molar refractivity (Wildman–Crippen MR) is 118 cm³/mol. The van der Waals surface area contributed by atoms with Crippen molar-refractivity contribution in [2.24, 2.45) is 0 Å². The summed E-state index contributed by atoms with van der Waals surface area (Å²) in [6, 6.07) is 27.0. The average molecular weight is 399 g/mol. The summed E-state index contributed by atoms with van der Waals surface area (Å²) in [5.41, 5.74) is 3.62. The number of carbonyl (C=O) groups is 2. The molecule has 1 aliphatic rings. The second kappa shape index (κ2) is 9.27. The molecule has 152 valence electrons. The molecular weight excluding hydrogens is 374 g/mol. The lowest BCUT2D eigenvalue weighted by atomic mass is 9.99. The monoisotopic (exact) mass is 399 g/mol. The van der Waals surface area contributed by atoms with Crippen LogP contribution >= 0.6 is 0 Å². The van der Waals surface area contributed by atoms with E-state index in [1.54, 1.807) is 0 Å². The van der Waals surface area contributed by atoms with Crippen LogP contribution in [-0.4, -0.2) is 18.0 Å². The Hall–Kier alpha value is -3.60. The Morgan fingerprint density at radius 1 is 0.800 bits per heavy atom. The van der Waals surface area contributed by atoms with Crippen LogP contribution in [-0.2, 0) is 11.2 Å². The fourth-order valence-electron chi connectivity index (χ4n) is 3.35. The lowest BCUT2D eigenvalue weighted by Gasteiger charge is -2.20. The van der Waals surface area contributed by atoms with E-state index in [9.17, 15) is 9.59 Å². The molecule has 0 unspecified atom stereocenters. The van der Waals surface area contributed by atoms with Crippen molar-refractivity contribution in [3.8, 4) is 0 Å². The van der Waals surface area contributed by atoms with E-state index in [1.807, 2.05) is 84.9 Å². The maximum Gasteiger partial charge on any atom is 0.319 e. The number of anilines is 1. The molecule has 3 aromatic rings. The van der Waals surface area contributed by atoms with Gasteiger partial charge in [0, 0.05) is 11.7 Å². The van der Waals surface area contributed by atoms with Gasteiger partial charge in [-0.15, -0.1) is 0 Å². The number of hydrogen-bond acceptors (Lipinski definition) is 2. The number of rotatable bonds is 7. The third kappa shape index (κ3) is 5.47. The summed E-state index contributed by atoms with van der Waals surface area (Å²) in [5.74, 6) is 0.0458. The van der Waals surface area contributed by atoms with Crippen LogP contribution in [0.3, 0.4) is 0 Å². The van der Waals surface area contributed by atoms with Crippen molar-refractivity contribution in [2.75, 3.05) is 5.32 Å². The molecule has 0 aliphatic heterocycles. The van der Waals surface area contributed by atoms with Gasteiger partial charge in [0.1, 0.15) is 0 Å². The summed E-state index contributed by atoms with van der Waals surface area (Å²) >= 11 is 0. The first-order chi connectivity index (χ1) is 14.7. The number of amides is 3. The molecule has 5 nitrogen and oxygen atoms in total. The fraction of sp³-hybridized carbons (Fsp3) is 0.200. The van der Waals surface area contributed by atoms with Crippen LogP contribution < -0.4 is 16.0 Å². The Morgan fingerprint density at radius 2 is 1.37 bits per heavy atom. The molecule has 0 aromatic heterocycles. The molecule has 0 saturated heterocycles. The summed E-state index contributed by atoms with van der Waals surface area (Å²) in [6.45, 7) is 0. The van der Waals surface area contributed by atoms with Gasteiger partial charge in [-0.25, -0.2) is 4.79 Å². The number of benzene rings is 3. The minimum Gasteiger partial charge on any atom is -0.353 e. The smallest absolute Gasteiger partial charge is 0.319 e. The lowest BCUT2D eigenvalue weighted by molar-refractivity contribution is -0.120. The standard InChI is InChI=1S/C25H25N3O2/c29-23(26-21-15-16-21)17-18-11-13-22(14-12-18)27-25(30)28-24(19-7-3-1-4-8-19)20-9-5-2-6-10-20/h1-14,21,24H,15-17H2,(H,26,29)(H2,27,28,30). The fourth-order valence-corrected chi connectivity index (χ4v) is 3.35. The normalized spacial score (nSPS) is 13.0. The molecule has 3 N–H and O–H groups in total. The summed E-state index contributed by atoms with van der Waals surface area (Å²) in [6.07, 6.45) is 2.51. The highest BCUT2D eigenvalue weighted by molar-refractivity contribution is 5.90. The summed E-state index contributed by atoms with van der Waals surface area (Å²) in [5, 5.41) is 8.93. The highest BCUT2D eigenvalue weighted by Gasteiger charge is 2.23.